The van der Waals surface area contributed by atoms with Gasteiger partial charge in [-0.25, -0.2) is 9.97 Å². The monoisotopic (exact) mass is 470 g/mol. The van der Waals surface area contributed by atoms with Crippen LogP contribution in [0.5, 0.6) is 0 Å². The normalized spacial score (nSPS) is 12.5. The first-order chi connectivity index (χ1) is 15.3. The second-order valence-corrected chi connectivity index (χ2v) is 8.70. The second-order valence-electron chi connectivity index (χ2n) is 6.93. The van der Waals surface area contributed by atoms with E-state index in [0.717, 1.165) is 21.8 Å². The molecule has 0 saturated carbocycles. The van der Waals surface area contributed by atoms with E-state index in [-0.39, 0.29) is 5.69 Å². The van der Waals surface area contributed by atoms with Gasteiger partial charge in [-0.1, -0.05) is 24.3 Å². The zero-order valence-corrected chi connectivity index (χ0v) is 19.0. The highest BCUT2D eigenvalue weighted by Gasteiger charge is 2.18. The Hall–Kier alpha value is -3.18. The van der Waals surface area contributed by atoms with Crippen molar-refractivity contribution in [1.29, 1.82) is 0 Å². The Bertz CT molecular complexity index is 1210. The Labute approximate surface area is 192 Å². The first kappa shape index (κ1) is 23.5. The fourth-order valence-corrected chi connectivity index (χ4v) is 4.61. The molecule has 166 valence electrons. The van der Waals surface area contributed by atoms with Crippen LogP contribution in [0.1, 0.15) is 44.5 Å². The average molecular weight is 471 g/mol. The highest BCUT2D eigenvalue weighted by molar-refractivity contribution is 7.10. The molecule has 0 saturated heterocycles. The van der Waals surface area contributed by atoms with E-state index in [1.165, 1.54) is 34.8 Å². The molecule has 32 heavy (non-hydrogen) atoms. The molecule has 2 heterocycles. The van der Waals surface area contributed by atoms with Crippen molar-refractivity contribution >= 4 is 34.0 Å². The van der Waals surface area contributed by atoms with E-state index < -0.39 is 17.1 Å². The molecule has 4 aromatic rings. The van der Waals surface area contributed by atoms with E-state index in [4.69, 9.17) is 5.73 Å². The number of aromatic nitrogens is 2. The summed E-state index contributed by atoms with van der Waals surface area (Å²) in [5, 5.41) is 30.9. The summed E-state index contributed by atoms with van der Waals surface area (Å²) in [4.78, 5) is 19.9. The zero-order valence-electron chi connectivity index (χ0n) is 17.4. The molecule has 0 fully saturated rings. The van der Waals surface area contributed by atoms with E-state index in [9.17, 15) is 20.3 Å². The predicted molar refractivity (Wildman–Crippen MR) is 126 cm³/mol. The third-order valence-electron chi connectivity index (χ3n) is 4.69. The van der Waals surface area contributed by atoms with Gasteiger partial charge in [0.05, 0.1) is 37.1 Å². The Kier molecular flexibility index (Phi) is 7.65. The van der Waals surface area contributed by atoms with Gasteiger partial charge in [0.2, 0.25) is 0 Å². The molecule has 2 atom stereocenters. The van der Waals surface area contributed by atoms with Gasteiger partial charge in [-0.05, 0) is 37.1 Å². The summed E-state index contributed by atoms with van der Waals surface area (Å²) in [7, 11) is 0. The molecule has 0 radical (unpaired) electrons. The number of hydrogen-bond donors (Lipinski definition) is 3. The summed E-state index contributed by atoms with van der Waals surface area (Å²) < 4.78 is 0. The number of nitrogens with zero attached hydrogens (tertiary/aromatic N) is 3. The van der Waals surface area contributed by atoms with Gasteiger partial charge in [0.15, 0.2) is 0 Å². The molecule has 0 aliphatic rings. The second kappa shape index (κ2) is 10.4. The number of benzene rings is 2. The van der Waals surface area contributed by atoms with Crippen molar-refractivity contribution in [1.82, 2.24) is 9.97 Å². The maximum atomic E-state index is 10.6. The van der Waals surface area contributed by atoms with Gasteiger partial charge in [0.25, 0.3) is 5.69 Å². The third kappa shape index (κ3) is 5.54. The number of aliphatic hydroxyl groups excluding tert-OH is 2. The standard InChI is InChI=1S/C11H10N2O3S.C11H12N2OS/c1-7-11(17-6-12-7)10(14)8-3-2-4-9(5-8)13(15)16;1-7-11(15-6-13-7)10(14)8-3-2-4-9(12)5-8/h2-6,10,14H,1H3;2-6,10,14H,12H2,1H3. The van der Waals surface area contributed by atoms with Crippen LogP contribution in [0, 0.1) is 24.0 Å². The predicted octanol–water partition coefficient (Wildman–Crippen LogP) is 4.56. The number of thiazole rings is 2. The zero-order chi connectivity index (χ0) is 23.3. The lowest BCUT2D eigenvalue weighted by Gasteiger charge is -2.10. The molecule has 0 aliphatic heterocycles. The van der Waals surface area contributed by atoms with Crippen LogP contribution < -0.4 is 5.73 Å². The summed E-state index contributed by atoms with van der Waals surface area (Å²) in [5.74, 6) is 0. The van der Waals surface area contributed by atoms with Crippen LogP contribution in [0.2, 0.25) is 0 Å². The largest absolute Gasteiger partial charge is 0.399 e. The van der Waals surface area contributed by atoms with Gasteiger partial charge in [0, 0.05) is 17.8 Å². The minimum absolute atomic E-state index is 0.0243. The molecule has 4 N–H and O–H groups in total. The molecule has 2 aromatic heterocycles. The Morgan fingerprint density at radius 2 is 1.41 bits per heavy atom. The van der Waals surface area contributed by atoms with Crippen molar-refractivity contribution in [2.75, 3.05) is 5.73 Å². The van der Waals surface area contributed by atoms with E-state index in [2.05, 4.69) is 9.97 Å². The van der Waals surface area contributed by atoms with Crippen LogP contribution >= 0.6 is 22.7 Å². The molecule has 10 heteroatoms. The van der Waals surface area contributed by atoms with Gasteiger partial charge in [-0.3, -0.25) is 10.1 Å². The van der Waals surface area contributed by atoms with E-state index in [1.807, 2.05) is 19.1 Å². The van der Waals surface area contributed by atoms with Crippen molar-refractivity contribution in [2.24, 2.45) is 0 Å². The lowest BCUT2D eigenvalue weighted by atomic mass is 10.1. The lowest BCUT2D eigenvalue weighted by Crippen LogP contribution is -2.00. The molecular weight excluding hydrogens is 448 g/mol. The lowest BCUT2D eigenvalue weighted by molar-refractivity contribution is -0.385. The number of aliphatic hydroxyl groups is 2. The fraction of sp³-hybridized carbons (Fsp3) is 0.182. The minimum Gasteiger partial charge on any atom is -0.399 e. The van der Waals surface area contributed by atoms with Crippen LogP contribution in [0.25, 0.3) is 0 Å². The van der Waals surface area contributed by atoms with Crippen molar-refractivity contribution < 1.29 is 15.1 Å². The molecule has 0 bridgehead atoms. The average Bonchev–Trinajstić information content (AvgIpc) is 3.41. The van der Waals surface area contributed by atoms with Gasteiger partial charge in [0.1, 0.15) is 12.2 Å². The van der Waals surface area contributed by atoms with Gasteiger partial charge < -0.3 is 15.9 Å². The van der Waals surface area contributed by atoms with Gasteiger partial charge in [-0.15, -0.1) is 22.7 Å². The number of nitro groups is 1. The van der Waals surface area contributed by atoms with Crippen LogP contribution in [0.3, 0.4) is 0 Å². The molecule has 0 aliphatic carbocycles. The molecule has 4 rings (SSSR count). The topological polar surface area (TPSA) is 135 Å². The summed E-state index contributed by atoms with van der Waals surface area (Å²) >= 11 is 2.79. The number of aryl methyl sites for hydroxylation is 2. The van der Waals surface area contributed by atoms with Crippen LogP contribution in [-0.2, 0) is 0 Å². The number of nitrogen functional groups attached to an aromatic ring is 1. The summed E-state index contributed by atoms with van der Waals surface area (Å²) in [6, 6.07) is 13.3. The summed E-state index contributed by atoms with van der Waals surface area (Å²) in [5.41, 5.74) is 12.6. The SMILES string of the molecule is Cc1ncsc1C(O)c1cccc(N)c1.Cc1ncsc1C(O)c1cccc([N+](=O)[O-])c1. The molecule has 2 aromatic carbocycles. The van der Waals surface area contributed by atoms with Gasteiger partial charge in [-0.2, -0.15) is 0 Å². The number of hydrogen-bond acceptors (Lipinski definition) is 9. The van der Waals surface area contributed by atoms with E-state index in [0.29, 0.717) is 16.1 Å². The van der Waals surface area contributed by atoms with E-state index in [1.54, 1.807) is 42.2 Å². The van der Waals surface area contributed by atoms with Crippen molar-refractivity contribution in [3.8, 4) is 0 Å². The first-order valence-corrected chi connectivity index (χ1v) is 11.3. The molecule has 8 nitrogen and oxygen atoms in total. The number of anilines is 1. The first-order valence-electron chi connectivity index (χ1n) is 9.53. The quantitative estimate of drug-likeness (QED) is 0.221. The van der Waals surface area contributed by atoms with Crippen molar-refractivity contribution in [3.05, 3.63) is 102 Å². The molecule has 2 unspecified atom stereocenters. The third-order valence-corrected chi connectivity index (χ3v) is 6.65. The molecule has 0 spiro atoms. The van der Waals surface area contributed by atoms with E-state index >= 15 is 0 Å². The van der Waals surface area contributed by atoms with Gasteiger partial charge >= 0.3 is 0 Å². The molecule has 0 amide bonds. The minimum atomic E-state index is -0.859. The highest BCUT2D eigenvalue weighted by atomic mass is 32.1. The number of non-ortho nitro benzene ring substituents is 1. The number of rotatable bonds is 5. The van der Waals surface area contributed by atoms with Crippen molar-refractivity contribution in [2.45, 2.75) is 26.1 Å². The van der Waals surface area contributed by atoms with Crippen LogP contribution in [0.15, 0.2) is 59.6 Å². The number of nitro benzene ring substituents is 1. The smallest absolute Gasteiger partial charge is 0.269 e. The Morgan fingerprint density at radius 1 is 0.906 bits per heavy atom. The molecular formula is C22H22N4O4S2. The fourth-order valence-electron chi connectivity index (χ4n) is 2.99. The van der Waals surface area contributed by atoms with Crippen LogP contribution in [-0.4, -0.2) is 25.1 Å². The maximum absolute atomic E-state index is 10.6. The Morgan fingerprint density at radius 3 is 1.84 bits per heavy atom. The summed E-state index contributed by atoms with van der Waals surface area (Å²) in [6.45, 7) is 3.69. The van der Waals surface area contributed by atoms with Crippen molar-refractivity contribution in [3.63, 3.8) is 0 Å². The summed E-state index contributed by atoms with van der Waals surface area (Å²) in [6.07, 6.45) is -1.48. The maximum Gasteiger partial charge on any atom is 0.269 e. The number of nitrogens with two attached hydrogens (primary N) is 1. The highest BCUT2D eigenvalue weighted by Crippen LogP contribution is 2.30. The van der Waals surface area contributed by atoms with Crippen LogP contribution in [0.4, 0.5) is 11.4 Å². The Balaban J connectivity index is 0.000000182.